The van der Waals surface area contributed by atoms with Crippen molar-refractivity contribution in [3.8, 4) is 0 Å². The molecular weight excluding hydrogens is 166 g/mol. The Labute approximate surface area is 79.9 Å². The quantitative estimate of drug-likeness (QED) is 0.720. The Hall–Kier alpha value is -0.540. The van der Waals surface area contributed by atoms with Gasteiger partial charge in [0.25, 0.3) is 0 Å². The average molecular weight is 185 g/mol. The summed E-state index contributed by atoms with van der Waals surface area (Å²) in [6.45, 7) is 2.86. The number of allylic oxidation sites excluding steroid dienone is 1. The SMILES string of the molecule is CCC(OC)C(N)C1=CCCCO1. The Morgan fingerprint density at radius 3 is 2.92 bits per heavy atom. The lowest BCUT2D eigenvalue weighted by molar-refractivity contribution is 0.0597. The molecule has 1 heterocycles. The van der Waals surface area contributed by atoms with Crippen LogP contribution in [0.3, 0.4) is 0 Å². The third-order valence-electron chi connectivity index (χ3n) is 2.40. The van der Waals surface area contributed by atoms with Crippen LogP contribution in [0.25, 0.3) is 0 Å². The van der Waals surface area contributed by atoms with Gasteiger partial charge in [-0.15, -0.1) is 0 Å². The van der Waals surface area contributed by atoms with E-state index in [2.05, 4.69) is 13.0 Å². The Bertz CT molecular complexity index is 176. The standard InChI is InChI=1S/C10H19NO2/c1-3-8(12-2)10(11)9-6-4-5-7-13-9/h6,8,10H,3-5,7,11H2,1-2H3. The fourth-order valence-corrected chi connectivity index (χ4v) is 1.56. The maximum absolute atomic E-state index is 6.00. The molecule has 13 heavy (non-hydrogen) atoms. The Morgan fingerprint density at radius 2 is 2.46 bits per heavy atom. The predicted molar refractivity (Wildman–Crippen MR) is 52.3 cm³/mol. The second-order valence-corrected chi connectivity index (χ2v) is 3.31. The molecule has 0 radical (unpaired) electrons. The third-order valence-corrected chi connectivity index (χ3v) is 2.40. The molecule has 2 N–H and O–H groups in total. The van der Waals surface area contributed by atoms with Crippen molar-refractivity contribution in [2.45, 2.75) is 38.3 Å². The van der Waals surface area contributed by atoms with Gasteiger partial charge in [0, 0.05) is 7.11 Å². The number of hydrogen-bond acceptors (Lipinski definition) is 3. The van der Waals surface area contributed by atoms with Gasteiger partial charge in [-0.3, -0.25) is 0 Å². The van der Waals surface area contributed by atoms with Crippen LogP contribution < -0.4 is 5.73 Å². The van der Waals surface area contributed by atoms with Crippen molar-refractivity contribution in [1.29, 1.82) is 0 Å². The van der Waals surface area contributed by atoms with Gasteiger partial charge in [-0.05, 0) is 25.3 Å². The summed E-state index contributed by atoms with van der Waals surface area (Å²) in [5.74, 6) is 0.903. The highest BCUT2D eigenvalue weighted by atomic mass is 16.5. The van der Waals surface area contributed by atoms with Gasteiger partial charge < -0.3 is 15.2 Å². The smallest absolute Gasteiger partial charge is 0.111 e. The lowest BCUT2D eigenvalue weighted by atomic mass is 10.1. The second-order valence-electron chi connectivity index (χ2n) is 3.31. The van der Waals surface area contributed by atoms with Gasteiger partial charge in [0.2, 0.25) is 0 Å². The van der Waals surface area contributed by atoms with E-state index in [0.29, 0.717) is 0 Å². The van der Waals surface area contributed by atoms with Gasteiger partial charge in [-0.25, -0.2) is 0 Å². The molecule has 3 nitrogen and oxygen atoms in total. The van der Waals surface area contributed by atoms with Gasteiger partial charge in [-0.1, -0.05) is 6.92 Å². The van der Waals surface area contributed by atoms with Crippen LogP contribution in [0.5, 0.6) is 0 Å². The third kappa shape index (κ3) is 2.71. The van der Waals surface area contributed by atoms with Crippen LogP contribution in [0.2, 0.25) is 0 Å². The van der Waals surface area contributed by atoms with Crippen LogP contribution in [0.1, 0.15) is 26.2 Å². The summed E-state index contributed by atoms with van der Waals surface area (Å²) < 4.78 is 10.7. The highest BCUT2D eigenvalue weighted by Gasteiger charge is 2.21. The van der Waals surface area contributed by atoms with Gasteiger partial charge in [-0.2, -0.15) is 0 Å². The lowest BCUT2D eigenvalue weighted by Crippen LogP contribution is -2.38. The molecule has 76 valence electrons. The summed E-state index contributed by atoms with van der Waals surface area (Å²) in [6.07, 6.45) is 5.24. The van der Waals surface area contributed by atoms with E-state index in [1.165, 1.54) is 0 Å². The summed E-state index contributed by atoms with van der Waals surface area (Å²) in [6, 6.07) is -0.102. The van der Waals surface area contributed by atoms with Gasteiger partial charge >= 0.3 is 0 Å². The van der Waals surface area contributed by atoms with Gasteiger partial charge in [0.1, 0.15) is 5.76 Å². The zero-order chi connectivity index (χ0) is 9.68. The van der Waals surface area contributed by atoms with E-state index < -0.39 is 0 Å². The van der Waals surface area contributed by atoms with Crippen molar-refractivity contribution >= 4 is 0 Å². The molecule has 0 aromatic rings. The molecule has 2 atom stereocenters. The molecule has 0 bridgehead atoms. The summed E-state index contributed by atoms with van der Waals surface area (Å²) >= 11 is 0. The van der Waals surface area contributed by atoms with Crippen molar-refractivity contribution in [2.24, 2.45) is 5.73 Å². The number of rotatable bonds is 4. The molecule has 1 aliphatic rings. The minimum atomic E-state index is -0.102. The first kappa shape index (κ1) is 10.5. The predicted octanol–water partition coefficient (Wildman–Crippen LogP) is 1.43. The number of hydrogen-bond donors (Lipinski definition) is 1. The van der Waals surface area contributed by atoms with Crippen molar-refractivity contribution in [1.82, 2.24) is 0 Å². The van der Waals surface area contributed by atoms with E-state index in [9.17, 15) is 0 Å². The first-order valence-corrected chi connectivity index (χ1v) is 4.90. The van der Waals surface area contributed by atoms with E-state index in [1.807, 2.05) is 0 Å². The summed E-state index contributed by atoms with van der Waals surface area (Å²) in [5, 5.41) is 0. The highest BCUT2D eigenvalue weighted by molar-refractivity contribution is 5.06. The van der Waals surface area contributed by atoms with Crippen molar-refractivity contribution in [2.75, 3.05) is 13.7 Å². The van der Waals surface area contributed by atoms with E-state index in [-0.39, 0.29) is 12.1 Å². The molecule has 0 saturated carbocycles. The van der Waals surface area contributed by atoms with Crippen LogP contribution in [0.4, 0.5) is 0 Å². The van der Waals surface area contributed by atoms with Crippen molar-refractivity contribution in [3.05, 3.63) is 11.8 Å². The molecule has 0 spiro atoms. The van der Waals surface area contributed by atoms with E-state index in [4.69, 9.17) is 15.2 Å². The van der Waals surface area contributed by atoms with Gasteiger partial charge in [0.15, 0.2) is 0 Å². The fraction of sp³-hybridized carbons (Fsp3) is 0.800. The summed E-state index contributed by atoms with van der Waals surface area (Å²) in [5.41, 5.74) is 6.00. The minimum Gasteiger partial charge on any atom is -0.497 e. The first-order chi connectivity index (χ1) is 6.29. The molecule has 1 aliphatic heterocycles. The molecule has 2 unspecified atom stereocenters. The van der Waals surface area contributed by atoms with E-state index in [0.717, 1.165) is 31.6 Å². The first-order valence-electron chi connectivity index (χ1n) is 4.90. The van der Waals surface area contributed by atoms with E-state index >= 15 is 0 Å². The van der Waals surface area contributed by atoms with Crippen LogP contribution in [0, 0.1) is 0 Å². The van der Waals surface area contributed by atoms with E-state index in [1.54, 1.807) is 7.11 Å². The van der Waals surface area contributed by atoms with Crippen LogP contribution >= 0.6 is 0 Å². The minimum absolute atomic E-state index is 0.0735. The maximum Gasteiger partial charge on any atom is 0.111 e. The summed E-state index contributed by atoms with van der Waals surface area (Å²) in [7, 11) is 1.69. The van der Waals surface area contributed by atoms with Crippen LogP contribution in [-0.4, -0.2) is 25.9 Å². The molecule has 1 rings (SSSR count). The zero-order valence-electron chi connectivity index (χ0n) is 8.45. The molecule has 0 saturated heterocycles. The van der Waals surface area contributed by atoms with Crippen LogP contribution in [-0.2, 0) is 9.47 Å². The summed E-state index contributed by atoms with van der Waals surface area (Å²) in [4.78, 5) is 0. The fourth-order valence-electron chi connectivity index (χ4n) is 1.56. The largest absolute Gasteiger partial charge is 0.497 e. The highest BCUT2D eigenvalue weighted by Crippen LogP contribution is 2.16. The maximum atomic E-state index is 6.00. The Morgan fingerprint density at radius 1 is 1.69 bits per heavy atom. The van der Waals surface area contributed by atoms with Crippen molar-refractivity contribution < 1.29 is 9.47 Å². The molecular formula is C10H19NO2. The Balaban J connectivity index is 2.53. The Kier molecular flexibility index (Phi) is 4.25. The normalized spacial score (nSPS) is 21.6. The second kappa shape index (κ2) is 5.25. The number of methoxy groups -OCH3 is 1. The molecule has 3 heteroatoms. The average Bonchev–Trinajstić information content (AvgIpc) is 2.21. The zero-order valence-corrected chi connectivity index (χ0v) is 8.45. The monoisotopic (exact) mass is 185 g/mol. The molecule has 0 amide bonds. The number of ether oxygens (including phenoxy) is 2. The molecule has 0 aromatic carbocycles. The molecule has 0 aromatic heterocycles. The topological polar surface area (TPSA) is 44.5 Å². The molecule has 0 fully saturated rings. The van der Waals surface area contributed by atoms with Crippen LogP contribution in [0.15, 0.2) is 11.8 Å². The van der Waals surface area contributed by atoms with Gasteiger partial charge in [0.05, 0.1) is 18.8 Å². The molecule has 0 aliphatic carbocycles. The lowest BCUT2D eigenvalue weighted by Gasteiger charge is -2.26. The van der Waals surface area contributed by atoms with Crippen molar-refractivity contribution in [3.63, 3.8) is 0 Å². The number of nitrogens with two attached hydrogens (primary N) is 1.